The van der Waals surface area contributed by atoms with E-state index >= 15 is 0 Å². The Labute approximate surface area is 147 Å². The highest BCUT2D eigenvalue weighted by atomic mass is 16.5. The third kappa shape index (κ3) is 4.25. The first-order valence-corrected chi connectivity index (χ1v) is 8.64. The van der Waals surface area contributed by atoms with Gasteiger partial charge in [0.05, 0.1) is 19.3 Å². The number of aromatic nitrogens is 5. The number of H-pyrrole nitrogens is 1. The lowest BCUT2D eigenvalue weighted by Gasteiger charge is -2.32. The summed E-state index contributed by atoms with van der Waals surface area (Å²) >= 11 is 0. The molecule has 1 amide bonds. The van der Waals surface area contributed by atoms with Crippen LogP contribution in [0, 0.1) is 6.92 Å². The number of nitrogens with one attached hydrogen (secondary N) is 1. The molecule has 1 saturated heterocycles. The number of morpholine rings is 1. The monoisotopic (exact) mass is 346 g/mol. The number of carbonyl (C=O) groups is 1. The zero-order valence-corrected chi connectivity index (χ0v) is 15.3. The van der Waals surface area contributed by atoms with E-state index in [9.17, 15) is 4.79 Å². The molecule has 1 aliphatic heterocycles. The van der Waals surface area contributed by atoms with Crippen LogP contribution < -0.4 is 0 Å². The van der Waals surface area contributed by atoms with Gasteiger partial charge in [-0.05, 0) is 12.5 Å². The largest absolute Gasteiger partial charge is 0.367 e. The predicted octanol–water partition coefficient (Wildman–Crippen LogP) is 1.60. The second-order valence-electron chi connectivity index (χ2n) is 7.52. The Morgan fingerprint density at radius 3 is 2.88 bits per heavy atom. The zero-order valence-electron chi connectivity index (χ0n) is 15.3. The summed E-state index contributed by atoms with van der Waals surface area (Å²) in [5.74, 6) is 1.55. The van der Waals surface area contributed by atoms with Gasteiger partial charge in [-0.3, -0.25) is 14.6 Å². The molecule has 3 rings (SSSR count). The summed E-state index contributed by atoms with van der Waals surface area (Å²) in [4.78, 5) is 18.9. The normalized spacial score (nSPS) is 18.6. The van der Waals surface area contributed by atoms with Crippen LogP contribution in [0.1, 0.15) is 50.5 Å². The van der Waals surface area contributed by atoms with Crippen molar-refractivity contribution in [3.63, 3.8) is 0 Å². The molecule has 0 aliphatic carbocycles. The molecule has 0 unspecified atom stereocenters. The maximum absolute atomic E-state index is 12.5. The first-order valence-electron chi connectivity index (χ1n) is 8.64. The van der Waals surface area contributed by atoms with Gasteiger partial charge in [0.1, 0.15) is 6.10 Å². The van der Waals surface area contributed by atoms with Crippen molar-refractivity contribution in [2.45, 2.75) is 52.2 Å². The lowest BCUT2D eigenvalue weighted by atomic mass is 9.96. The topological polar surface area (TPSA) is 88.9 Å². The minimum atomic E-state index is -0.256. The Kier molecular flexibility index (Phi) is 4.89. The first kappa shape index (κ1) is 17.6. The molecule has 0 bridgehead atoms. The third-order valence-corrected chi connectivity index (χ3v) is 4.21. The van der Waals surface area contributed by atoms with Crippen molar-refractivity contribution in [3.8, 4) is 0 Å². The van der Waals surface area contributed by atoms with E-state index < -0.39 is 0 Å². The molecule has 25 heavy (non-hydrogen) atoms. The maximum atomic E-state index is 12.5. The third-order valence-electron chi connectivity index (χ3n) is 4.21. The van der Waals surface area contributed by atoms with Crippen molar-refractivity contribution in [3.05, 3.63) is 29.6 Å². The highest BCUT2D eigenvalue weighted by Crippen LogP contribution is 2.23. The molecular formula is C17H26N6O2. The molecule has 2 aromatic rings. The van der Waals surface area contributed by atoms with E-state index in [2.05, 4.69) is 41.1 Å². The molecule has 136 valence electrons. The lowest BCUT2D eigenvalue weighted by Crippen LogP contribution is -2.42. The molecule has 0 aromatic carbocycles. The van der Waals surface area contributed by atoms with Gasteiger partial charge in [0.15, 0.2) is 11.6 Å². The van der Waals surface area contributed by atoms with Crippen molar-refractivity contribution >= 4 is 5.91 Å². The molecule has 8 heteroatoms. The van der Waals surface area contributed by atoms with E-state index in [-0.39, 0.29) is 17.4 Å². The first-order chi connectivity index (χ1) is 11.8. The number of hydrogen-bond donors (Lipinski definition) is 1. The molecule has 0 spiro atoms. The van der Waals surface area contributed by atoms with Gasteiger partial charge in [0, 0.05) is 31.1 Å². The van der Waals surface area contributed by atoms with Crippen LogP contribution in [-0.2, 0) is 21.5 Å². The van der Waals surface area contributed by atoms with Crippen molar-refractivity contribution in [1.82, 2.24) is 29.9 Å². The van der Waals surface area contributed by atoms with Crippen molar-refractivity contribution in [2.75, 3.05) is 19.7 Å². The van der Waals surface area contributed by atoms with E-state index in [4.69, 9.17) is 4.74 Å². The molecule has 1 N–H and O–H groups in total. The summed E-state index contributed by atoms with van der Waals surface area (Å²) in [6.07, 6.45) is 3.91. The number of amides is 1. The number of carbonyl (C=O) groups excluding carboxylic acids is 1. The van der Waals surface area contributed by atoms with Crippen LogP contribution in [0.5, 0.6) is 0 Å². The Bertz CT molecular complexity index is 730. The molecule has 2 aromatic heterocycles. The molecule has 8 nitrogen and oxygen atoms in total. The van der Waals surface area contributed by atoms with Gasteiger partial charge in [-0.15, -0.1) is 0 Å². The summed E-state index contributed by atoms with van der Waals surface area (Å²) in [6.45, 7) is 10.4. The summed E-state index contributed by atoms with van der Waals surface area (Å²) in [5, 5.41) is 11.5. The van der Waals surface area contributed by atoms with Gasteiger partial charge in [0.25, 0.3) is 0 Å². The van der Waals surface area contributed by atoms with E-state index in [0.717, 1.165) is 11.4 Å². The molecule has 0 radical (unpaired) electrons. The fourth-order valence-electron chi connectivity index (χ4n) is 2.75. The van der Waals surface area contributed by atoms with Crippen LogP contribution in [-0.4, -0.2) is 55.5 Å². The van der Waals surface area contributed by atoms with Gasteiger partial charge < -0.3 is 9.64 Å². The van der Waals surface area contributed by atoms with Crippen LogP contribution in [0.3, 0.4) is 0 Å². The number of hydrogen-bond acceptors (Lipinski definition) is 5. The Morgan fingerprint density at radius 1 is 1.44 bits per heavy atom. The maximum Gasteiger partial charge on any atom is 0.224 e. The molecular weight excluding hydrogens is 320 g/mol. The fraction of sp³-hybridized carbons (Fsp3) is 0.647. The summed E-state index contributed by atoms with van der Waals surface area (Å²) in [7, 11) is 0. The number of ether oxygens (including phenoxy) is 1. The van der Waals surface area contributed by atoms with Gasteiger partial charge >= 0.3 is 0 Å². The number of aromatic amines is 1. The summed E-state index contributed by atoms with van der Waals surface area (Å²) < 4.78 is 7.59. The van der Waals surface area contributed by atoms with Crippen LogP contribution in [0.2, 0.25) is 0 Å². The Hall–Kier alpha value is -2.22. The second kappa shape index (κ2) is 6.95. The minimum Gasteiger partial charge on any atom is -0.367 e. The highest BCUT2D eigenvalue weighted by molar-refractivity contribution is 5.76. The fourth-order valence-corrected chi connectivity index (χ4v) is 2.75. The van der Waals surface area contributed by atoms with Crippen LogP contribution in [0.15, 0.2) is 12.4 Å². The van der Waals surface area contributed by atoms with E-state index in [1.807, 2.05) is 18.0 Å². The van der Waals surface area contributed by atoms with E-state index in [1.54, 1.807) is 10.9 Å². The Morgan fingerprint density at radius 2 is 2.24 bits per heavy atom. The average molecular weight is 346 g/mol. The standard InChI is InChI=1S/C17H26N6O2/c1-12-9-18-23(10-12)6-5-14(24)22-7-8-25-13(11-22)15-19-16(21-20-15)17(2,3)4/h9-10,13H,5-8,11H2,1-4H3,(H,19,20,21)/t13-/m1/s1. The van der Waals surface area contributed by atoms with Crippen LogP contribution >= 0.6 is 0 Å². The van der Waals surface area contributed by atoms with Gasteiger partial charge in [-0.25, -0.2) is 4.98 Å². The summed E-state index contributed by atoms with van der Waals surface area (Å²) in [6, 6.07) is 0. The molecule has 0 saturated carbocycles. The molecule has 3 heterocycles. The Balaban J connectivity index is 1.58. The van der Waals surface area contributed by atoms with Crippen molar-refractivity contribution in [2.24, 2.45) is 0 Å². The van der Waals surface area contributed by atoms with Gasteiger partial charge in [-0.2, -0.15) is 10.2 Å². The van der Waals surface area contributed by atoms with Crippen molar-refractivity contribution in [1.29, 1.82) is 0 Å². The summed E-state index contributed by atoms with van der Waals surface area (Å²) in [5.41, 5.74) is 0.972. The lowest BCUT2D eigenvalue weighted by molar-refractivity contribution is -0.139. The minimum absolute atomic E-state index is 0.108. The van der Waals surface area contributed by atoms with Gasteiger partial charge in [-0.1, -0.05) is 20.8 Å². The predicted molar refractivity (Wildman–Crippen MR) is 91.9 cm³/mol. The molecule has 1 fully saturated rings. The zero-order chi connectivity index (χ0) is 18.0. The van der Waals surface area contributed by atoms with Crippen molar-refractivity contribution < 1.29 is 9.53 Å². The van der Waals surface area contributed by atoms with E-state index in [1.165, 1.54) is 0 Å². The van der Waals surface area contributed by atoms with Gasteiger partial charge in [0.2, 0.25) is 5.91 Å². The van der Waals surface area contributed by atoms with Crippen LogP contribution in [0.4, 0.5) is 0 Å². The number of aryl methyl sites for hydroxylation is 2. The van der Waals surface area contributed by atoms with Crippen LogP contribution in [0.25, 0.3) is 0 Å². The molecule has 1 aliphatic rings. The van der Waals surface area contributed by atoms with E-state index in [0.29, 0.717) is 38.5 Å². The number of rotatable bonds is 4. The quantitative estimate of drug-likeness (QED) is 0.908. The average Bonchev–Trinajstić information content (AvgIpc) is 3.21. The smallest absolute Gasteiger partial charge is 0.224 e. The SMILES string of the molecule is Cc1cnn(CCC(=O)N2CCO[C@@H](c3nc(C(C)(C)C)n[nH]3)C2)c1. The second-order valence-corrected chi connectivity index (χ2v) is 7.52. The number of nitrogens with zero attached hydrogens (tertiary/aromatic N) is 5. The highest BCUT2D eigenvalue weighted by Gasteiger charge is 2.29. The molecule has 1 atom stereocenters.